The zero-order chi connectivity index (χ0) is 11.5. The molecule has 3 nitrogen and oxygen atoms in total. The normalized spacial score (nSPS) is 10.1. The van der Waals surface area contributed by atoms with E-state index < -0.39 is 0 Å². The molecule has 0 spiro atoms. The average Bonchev–Trinajstić information content (AvgIpc) is 2.32. The lowest BCUT2D eigenvalue weighted by atomic mass is 10.0. The predicted octanol–water partition coefficient (Wildman–Crippen LogP) is 2.77. The largest absolute Gasteiger partial charge is 0.507 e. The molecule has 0 aliphatic heterocycles. The van der Waals surface area contributed by atoms with E-state index in [-0.39, 0.29) is 17.2 Å². The minimum absolute atomic E-state index is 0.0131. The molecule has 0 aromatic heterocycles. The Labute approximate surface area is 93.6 Å². The first-order valence-corrected chi connectivity index (χ1v) is 4.87. The number of rotatable bonds is 2. The van der Waals surface area contributed by atoms with Gasteiger partial charge in [0.15, 0.2) is 11.5 Å². The van der Waals surface area contributed by atoms with Crippen molar-refractivity contribution in [2.24, 2.45) is 0 Å². The van der Waals surface area contributed by atoms with E-state index in [4.69, 9.17) is 4.74 Å². The monoisotopic (exact) mass is 216 g/mol. The Morgan fingerprint density at radius 3 is 2.25 bits per heavy atom. The number of benzene rings is 2. The van der Waals surface area contributed by atoms with E-state index in [1.807, 2.05) is 30.3 Å². The first-order chi connectivity index (χ1) is 7.72. The Balaban J connectivity index is 2.55. The van der Waals surface area contributed by atoms with Gasteiger partial charge in [0.2, 0.25) is 0 Å². The summed E-state index contributed by atoms with van der Waals surface area (Å²) in [6, 6.07) is 12.2. The summed E-state index contributed by atoms with van der Waals surface area (Å²) >= 11 is 0. The van der Waals surface area contributed by atoms with Gasteiger partial charge in [0.1, 0.15) is 5.75 Å². The minimum Gasteiger partial charge on any atom is -0.507 e. The number of hydrogen-bond donors (Lipinski definition) is 2. The molecular formula is C13H12O3. The van der Waals surface area contributed by atoms with Gasteiger partial charge < -0.3 is 14.9 Å². The predicted molar refractivity (Wildman–Crippen MR) is 61.8 cm³/mol. The fourth-order valence-electron chi connectivity index (χ4n) is 1.57. The van der Waals surface area contributed by atoms with E-state index in [0.29, 0.717) is 5.56 Å². The van der Waals surface area contributed by atoms with E-state index in [1.54, 1.807) is 0 Å². The van der Waals surface area contributed by atoms with Crippen molar-refractivity contribution in [3.63, 3.8) is 0 Å². The van der Waals surface area contributed by atoms with Crippen LogP contribution in [0.2, 0.25) is 0 Å². The highest BCUT2D eigenvalue weighted by Gasteiger charge is 2.10. The van der Waals surface area contributed by atoms with Crippen LogP contribution < -0.4 is 4.74 Å². The summed E-state index contributed by atoms with van der Waals surface area (Å²) in [5.74, 6) is 0.359. The molecule has 0 heterocycles. The molecule has 0 atom stereocenters. The second-order valence-electron chi connectivity index (χ2n) is 3.41. The Bertz CT molecular complexity index is 492. The van der Waals surface area contributed by atoms with Crippen LogP contribution in [0.25, 0.3) is 11.1 Å². The second kappa shape index (κ2) is 4.14. The van der Waals surface area contributed by atoms with Crippen LogP contribution in [-0.4, -0.2) is 17.3 Å². The SMILES string of the molecule is COc1cc(O)c(-c2ccccc2)cc1O. The Kier molecular flexibility index (Phi) is 2.68. The van der Waals surface area contributed by atoms with Gasteiger partial charge in [0.25, 0.3) is 0 Å². The van der Waals surface area contributed by atoms with Crippen LogP contribution >= 0.6 is 0 Å². The van der Waals surface area contributed by atoms with Crippen molar-refractivity contribution in [2.45, 2.75) is 0 Å². The smallest absolute Gasteiger partial charge is 0.164 e. The van der Waals surface area contributed by atoms with Gasteiger partial charge in [-0.05, 0) is 11.6 Å². The van der Waals surface area contributed by atoms with Gasteiger partial charge in [0, 0.05) is 11.6 Å². The van der Waals surface area contributed by atoms with E-state index in [2.05, 4.69) is 0 Å². The van der Waals surface area contributed by atoms with Gasteiger partial charge in [-0.15, -0.1) is 0 Å². The van der Waals surface area contributed by atoms with Gasteiger partial charge in [-0.25, -0.2) is 0 Å². The zero-order valence-electron chi connectivity index (χ0n) is 8.84. The molecule has 2 N–H and O–H groups in total. The van der Waals surface area contributed by atoms with Crippen LogP contribution in [0.5, 0.6) is 17.2 Å². The molecule has 0 aliphatic carbocycles. The summed E-state index contributed by atoms with van der Waals surface area (Å²) in [6.45, 7) is 0. The second-order valence-corrected chi connectivity index (χ2v) is 3.41. The molecule has 16 heavy (non-hydrogen) atoms. The number of hydrogen-bond acceptors (Lipinski definition) is 3. The van der Waals surface area contributed by atoms with Gasteiger partial charge in [-0.3, -0.25) is 0 Å². The molecule has 0 aliphatic rings. The van der Waals surface area contributed by atoms with E-state index >= 15 is 0 Å². The Morgan fingerprint density at radius 2 is 1.62 bits per heavy atom. The molecule has 2 rings (SSSR count). The highest BCUT2D eigenvalue weighted by Crippen LogP contribution is 2.38. The number of aromatic hydroxyl groups is 2. The molecule has 0 saturated heterocycles. The number of ether oxygens (including phenoxy) is 1. The molecule has 0 unspecified atom stereocenters. The lowest BCUT2D eigenvalue weighted by molar-refractivity contribution is 0.369. The molecular weight excluding hydrogens is 204 g/mol. The lowest BCUT2D eigenvalue weighted by Gasteiger charge is -2.09. The molecule has 0 amide bonds. The van der Waals surface area contributed by atoms with Crippen LogP contribution in [-0.2, 0) is 0 Å². The maximum Gasteiger partial charge on any atom is 0.164 e. The lowest BCUT2D eigenvalue weighted by Crippen LogP contribution is -1.85. The minimum atomic E-state index is 0.0131. The van der Waals surface area contributed by atoms with Crippen molar-refractivity contribution in [3.8, 4) is 28.4 Å². The van der Waals surface area contributed by atoms with E-state index in [1.165, 1.54) is 19.2 Å². The van der Waals surface area contributed by atoms with Crippen LogP contribution in [0, 0.1) is 0 Å². The van der Waals surface area contributed by atoms with Crippen molar-refractivity contribution < 1.29 is 14.9 Å². The third-order valence-electron chi connectivity index (χ3n) is 2.38. The van der Waals surface area contributed by atoms with Crippen LogP contribution in [0.4, 0.5) is 0 Å². The molecule has 2 aromatic rings. The Morgan fingerprint density at radius 1 is 0.938 bits per heavy atom. The fourth-order valence-corrected chi connectivity index (χ4v) is 1.57. The summed E-state index contributed by atoms with van der Waals surface area (Å²) in [7, 11) is 1.44. The van der Waals surface area contributed by atoms with Crippen molar-refractivity contribution in [3.05, 3.63) is 42.5 Å². The molecule has 2 aromatic carbocycles. The maximum atomic E-state index is 9.81. The molecule has 0 saturated carbocycles. The summed E-state index contributed by atoms with van der Waals surface area (Å²) < 4.78 is 4.91. The standard InChI is InChI=1S/C13H12O3/c1-16-13-8-11(14)10(7-12(13)15)9-5-3-2-4-6-9/h2-8,14-15H,1H3. The molecule has 0 fully saturated rings. The molecule has 3 heteroatoms. The highest BCUT2D eigenvalue weighted by atomic mass is 16.5. The van der Waals surface area contributed by atoms with Crippen LogP contribution in [0.15, 0.2) is 42.5 Å². The number of methoxy groups -OCH3 is 1. The topological polar surface area (TPSA) is 49.7 Å². The maximum absolute atomic E-state index is 9.81. The summed E-state index contributed by atoms with van der Waals surface area (Å²) in [4.78, 5) is 0. The third-order valence-corrected chi connectivity index (χ3v) is 2.38. The van der Waals surface area contributed by atoms with E-state index in [9.17, 15) is 10.2 Å². The van der Waals surface area contributed by atoms with Gasteiger partial charge in [-0.1, -0.05) is 30.3 Å². The van der Waals surface area contributed by atoms with Crippen LogP contribution in [0.3, 0.4) is 0 Å². The van der Waals surface area contributed by atoms with Gasteiger partial charge in [0.05, 0.1) is 7.11 Å². The molecule has 82 valence electrons. The van der Waals surface area contributed by atoms with E-state index in [0.717, 1.165) is 5.56 Å². The third kappa shape index (κ3) is 1.80. The molecule has 0 radical (unpaired) electrons. The van der Waals surface area contributed by atoms with Crippen molar-refractivity contribution >= 4 is 0 Å². The average molecular weight is 216 g/mol. The van der Waals surface area contributed by atoms with Crippen molar-refractivity contribution in [1.82, 2.24) is 0 Å². The number of phenols is 2. The van der Waals surface area contributed by atoms with Crippen molar-refractivity contribution in [2.75, 3.05) is 7.11 Å². The molecule has 0 bridgehead atoms. The summed E-state index contributed by atoms with van der Waals surface area (Å²) in [5, 5.41) is 19.5. The summed E-state index contributed by atoms with van der Waals surface area (Å²) in [6.07, 6.45) is 0. The van der Waals surface area contributed by atoms with Crippen molar-refractivity contribution in [1.29, 1.82) is 0 Å². The van der Waals surface area contributed by atoms with Gasteiger partial charge in [-0.2, -0.15) is 0 Å². The highest BCUT2D eigenvalue weighted by molar-refractivity contribution is 5.73. The van der Waals surface area contributed by atoms with Crippen LogP contribution in [0.1, 0.15) is 0 Å². The first-order valence-electron chi connectivity index (χ1n) is 4.87. The summed E-state index contributed by atoms with van der Waals surface area (Å²) in [5.41, 5.74) is 1.43. The first kappa shape index (κ1) is 10.4. The fraction of sp³-hybridized carbons (Fsp3) is 0.0769. The van der Waals surface area contributed by atoms with Gasteiger partial charge >= 0.3 is 0 Å². The number of phenolic OH excluding ortho intramolecular Hbond substituents is 2. The Hall–Kier alpha value is -2.16. The quantitative estimate of drug-likeness (QED) is 0.759. The zero-order valence-corrected chi connectivity index (χ0v) is 8.84.